The van der Waals surface area contributed by atoms with Gasteiger partial charge >= 0.3 is 0 Å². The van der Waals surface area contributed by atoms with Gasteiger partial charge in [-0.15, -0.1) is 0 Å². The fourth-order valence-corrected chi connectivity index (χ4v) is 1.32. The molecule has 0 unspecified atom stereocenters. The number of anilines is 1. The van der Waals surface area contributed by atoms with Crippen LogP contribution in [0.1, 0.15) is 0 Å². The van der Waals surface area contributed by atoms with Crippen LogP contribution in [0.5, 0.6) is 0 Å². The Balaban J connectivity index is 2.85. The maximum Gasteiger partial charge on any atom is 0.233 e. The molecule has 12 heavy (non-hydrogen) atoms. The third-order valence-corrected chi connectivity index (χ3v) is 1.92. The average Bonchev–Trinajstić information content (AvgIpc) is 1.91. The summed E-state index contributed by atoms with van der Waals surface area (Å²) < 4.78 is 23.5. The SMILES string of the molecule is [CH2]S(=O)(=O)Nc1ccc(Cl)cc1. The Morgan fingerprint density at radius 3 is 2.17 bits per heavy atom. The molecule has 65 valence electrons. The summed E-state index contributed by atoms with van der Waals surface area (Å²) in [5, 5.41) is 0.557. The number of rotatable bonds is 2. The van der Waals surface area contributed by atoms with Gasteiger partial charge in [0.15, 0.2) is 0 Å². The summed E-state index contributed by atoms with van der Waals surface area (Å²) in [7, 11) is -3.43. The lowest BCUT2D eigenvalue weighted by Crippen LogP contribution is -2.06. The highest BCUT2D eigenvalue weighted by Crippen LogP contribution is 2.14. The van der Waals surface area contributed by atoms with Crippen LogP contribution in [0.4, 0.5) is 5.69 Å². The fraction of sp³-hybridized carbons (Fsp3) is 0. The van der Waals surface area contributed by atoms with E-state index in [4.69, 9.17) is 11.6 Å². The normalized spacial score (nSPS) is 11.2. The van der Waals surface area contributed by atoms with Gasteiger partial charge in [0.2, 0.25) is 10.0 Å². The van der Waals surface area contributed by atoms with E-state index in [1.807, 2.05) is 0 Å². The van der Waals surface area contributed by atoms with Gasteiger partial charge in [0.05, 0.1) is 6.26 Å². The quantitative estimate of drug-likeness (QED) is 0.800. The Morgan fingerprint density at radius 2 is 1.75 bits per heavy atom. The summed E-state index contributed by atoms with van der Waals surface area (Å²) >= 11 is 5.59. The zero-order valence-corrected chi connectivity index (χ0v) is 7.69. The highest BCUT2D eigenvalue weighted by molar-refractivity contribution is 7.93. The molecule has 0 saturated carbocycles. The van der Waals surface area contributed by atoms with Gasteiger partial charge in [-0.1, -0.05) is 11.6 Å². The summed E-state index contributed by atoms with van der Waals surface area (Å²) in [6.07, 6.45) is 2.92. The van der Waals surface area contributed by atoms with Crippen LogP contribution < -0.4 is 4.72 Å². The molecule has 0 saturated heterocycles. The first-order valence-corrected chi connectivity index (χ1v) is 5.12. The molecular formula is C7H7ClNO2S. The van der Waals surface area contributed by atoms with Crippen molar-refractivity contribution in [2.45, 2.75) is 0 Å². The molecule has 0 spiro atoms. The first-order chi connectivity index (χ1) is 5.47. The molecule has 1 radical (unpaired) electrons. The molecule has 0 amide bonds. The molecule has 0 fully saturated rings. The predicted molar refractivity (Wildman–Crippen MR) is 49.4 cm³/mol. The summed E-state index contributed by atoms with van der Waals surface area (Å²) in [6, 6.07) is 6.31. The van der Waals surface area contributed by atoms with Gasteiger partial charge in [-0.2, -0.15) is 0 Å². The molecule has 1 aromatic rings. The van der Waals surface area contributed by atoms with E-state index in [0.29, 0.717) is 10.7 Å². The summed E-state index contributed by atoms with van der Waals surface area (Å²) in [4.78, 5) is 0. The van der Waals surface area contributed by atoms with E-state index >= 15 is 0 Å². The fourth-order valence-electron chi connectivity index (χ4n) is 0.697. The Hall–Kier alpha value is -0.740. The molecule has 1 aromatic carbocycles. The van der Waals surface area contributed by atoms with E-state index in [1.54, 1.807) is 24.3 Å². The van der Waals surface area contributed by atoms with Crippen LogP contribution >= 0.6 is 11.6 Å². The van der Waals surface area contributed by atoms with Crippen molar-refractivity contribution in [2.75, 3.05) is 4.72 Å². The van der Waals surface area contributed by atoms with Gasteiger partial charge in [0.25, 0.3) is 0 Å². The minimum absolute atomic E-state index is 0.453. The lowest BCUT2D eigenvalue weighted by molar-refractivity contribution is 0.609. The first-order valence-electron chi connectivity index (χ1n) is 3.09. The van der Waals surface area contributed by atoms with Gasteiger partial charge < -0.3 is 0 Å². The van der Waals surface area contributed by atoms with Crippen molar-refractivity contribution in [3.8, 4) is 0 Å². The molecule has 1 rings (SSSR count). The average molecular weight is 205 g/mol. The van der Waals surface area contributed by atoms with Crippen molar-refractivity contribution >= 4 is 27.3 Å². The smallest absolute Gasteiger partial charge is 0.233 e. The highest BCUT2D eigenvalue weighted by atomic mass is 35.5. The number of nitrogens with one attached hydrogen (secondary N) is 1. The molecule has 5 heteroatoms. The van der Waals surface area contributed by atoms with Gasteiger partial charge in [-0.3, -0.25) is 4.72 Å². The third-order valence-electron chi connectivity index (χ3n) is 1.12. The molecule has 0 bridgehead atoms. The molecule has 3 nitrogen and oxygen atoms in total. The Kier molecular flexibility index (Phi) is 2.59. The van der Waals surface area contributed by atoms with E-state index in [0.717, 1.165) is 0 Å². The maximum atomic E-state index is 10.6. The molecule has 0 atom stereocenters. The van der Waals surface area contributed by atoms with Gasteiger partial charge in [-0.25, -0.2) is 8.42 Å². The zero-order chi connectivity index (χ0) is 9.19. The second-order valence-corrected chi connectivity index (χ2v) is 4.09. The predicted octanol–water partition coefficient (Wildman–Crippen LogP) is 1.87. The monoisotopic (exact) mass is 204 g/mol. The largest absolute Gasteiger partial charge is 0.284 e. The van der Waals surface area contributed by atoms with Crippen LogP contribution in [-0.2, 0) is 10.0 Å². The molecule has 0 aromatic heterocycles. The number of hydrogen-bond donors (Lipinski definition) is 1. The summed E-state index contributed by atoms with van der Waals surface area (Å²) in [5.41, 5.74) is 0.453. The lowest BCUT2D eigenvalue weighted by Gasteiger charge is -2.01. The van der Waals surface area contributed by atoms with E-state index in [9.17, 15) is 8.42 Å². The summed E-state index contributed by atoms with van der Waals surface area (Å²) in [5.74, 6) is 0. The minimum Gasteiger partial charge on any atom is -0.284 e. The Morgan fingerprint density at radius 1 is 1.25 bits per heavy atom. The molecule has 0 aliphatic rings. The van der Waals surface area contributed by atoms with Gasteiger partial charge in [0.1, 0.15) is 0 Å². The van der Waals surface area contributed by atoms with E-state index < -0.39 is 10.0 Å². The lowest BCUT2D eigenvalue weighted by atomic mass is 10.3. The van der Waals surface area contributed by atoms with Crippen molar-refractivity contribution in [1.29, 1.82) is 0 Å². The van der Waals surface area contributed by atoms with E-state index in [1.165, 1.54) is 0 Å². The van der Waals surface area contributed by atoms with Crippen molar-refractivity contribution < 1.29 is 8.42 Å². The van der Waals surface area contributed by atoms with Gasteiger partial charge in [-0.05, 0) is 24.3 Å². The number of halogens is 1. The molecule has 0 aliphatic carbocycles. The molecule has 0 heterocycles. The molecule has 0 aliphatic heterocycles. The van der Waals surface area contributed by atoms with Gasteiger partial charge in [0, 0.05) is 10.7 Å². The van der Waals surface area contributed by atoms with Crippen LogP contribution in [0.2, 0.25) is 5.02 Å². The number of sulfonamides is 1. The van der Waals surface area contributed by atoms with Crippen LogP contribution in [0.3, 0.4) is 0 Å². The Bertz CT molecular complexity index is 357. The van der Waals surface area contributed by atoms with Crippen molar-refractivity contribution in [2.24, 2.45) is 0 Å². The zero-order valence-electron chi connectivity index (χ0n) is 6.12. The minimum atomic E-state index is -3.43. The van der Waals surface area contributed by atoms with E-state index in [2.05, 4.69) is 11.0 Å². The van der Waals surface area contributed by atoms with E-state index in [-0.39, 0.29) is 0 Å². The third kappa shape index (κ3) is 3.11. The molecule has 1 N–H and O–H groups in total. The van der Waals surface area contributed by atoms with Crippen LogP contribution in [-0.4, -0.2) is 8.42 Å². The second-order valence-electron chi connectivity index (χ2n) is 2.22. The highest BCUT2D eigenvalue weighted by Gasteiger charge is 2.00. The number of benzene rings is 1. The Labute approximate surface area is 76.4 Å². The van der Waals surface area contributed by atoms with Crippen molar-refractivity contribution in [3.05, 3.63) is 35.5 Å². The standard InChI is InChI=1S/C7H7ClNO2S/c1-12(10,11)9-7-4-2-6(8)3-5-7/h2-5,9H,1H2. The van der Waals surface area contributed by atoms with Crippen molar-refractivity contribution in [3.63, 3.8) is 0 Å². The maximum absolute atomic E-state index is 10.6. The summed E-state index contributed by atoms with van der Waals surface area (Å²) in [6.45, 7) is 0. The van der Waals surface area contributed by atoms with Crippen LogP contribution in [0, 0.1) is 6.26 Å². The first kappa shape index (κ1) is 9.35. The topological polar surface area (TPSA) is 46.2 Å². The number of hydrogen-bond acceptors (Lipinski definition) is 2. The molecular weight excluding hydrogens is 198 g/mol. The van der Waals surface area contributed by atoms with Crippen LogP contribution in [0.25, 0.3) is 0 Å². The van der Waals surface area contributed by atoms with Crippen molar-refractivity contribution in [1.82, 2.24) is 0 Å². The second kappa shape index (κ2) is 3.33. The van der Waals surface area contributed by atoms with Crippen LogP contribution in [0.15, 0.2) is 24.3 Å².